The van der Waals surface area contributed by atoms with E-state index >= 15 is 0 Å². The second-order valence-corrected chi connectivity index (χ2v) is 15.2. The van der Waals surface area contributed by atoms with E-state index in [1.54, 1.807) is 33.8 Å². The van der Waals surface area contributed by atoms with E-state index in [0.29, 0.717) is 23.1 Å². The van der Waals surface area contributed by atoms with Crippen molar-refractivity contribution < 1.29 is 39.6 Å². The summed E-state index contributed by atoms with van der Waals surface area (Å²) in [5.41, 5.74) is -5.81. The fraction of sp³-hybridized carbons (Fsp3) is 0.600. The summed E-state index contributed by atoms with van der Waals surface area (Å²) in [6.45, 7) is 17.6. The normalized spacial score (nSPS) is 29.2. The maximum absolute atomic E-state index is 14.5. The van der Waals surface area contributed by atoms with Crippen molar-refractivity contribution in [1.29, 1.82) is 0 Å². The number of aromatic hydroxyl groups is 1. The van der Waals surface area contributed by atoms with E-state index < -0.39 is 62.2 Å². The van der Waals surface area contributed by atoms with Crippen molar-refractivity contribution in [3.8, 4) is 5.75 Å². The number of rotatable bonds is 6. The predicted molar refractivity (Wildman–Crippen MR) is 162 cm³/mol. The number of ketones is 4. The highest BCUT2D eigenvalue weighted by Crippen LogP contribution is 2.65. The van der Waals surface area contributed by atoms with Gasteiger partial charge in [-0.3, -0.25) is 19.2 Å². The molecular formula is C35H46O8. The van der Waals surface area contributed by atoms with E-state index in [1.807, 2.05) is 34.6 Å². The summed E-state index contributed by atoms with van der Waals surface area (Å²) in [6.07, 6.45) is 0.949. The largest absolute Gasteiger partial charge is 0.511 e. The Labute approximate surface area is 253 Å². The molecule has 3 aliphatic carbocycles. The van der Waals surface area contributed by atoms with Crippen molar-refractivity contribution in [3.63, 3.8) is 0 Å². The third-order valence-corrected chi connectivity index (χ3v) is 10.1. The van der Waals surface area contributed by atoms with Gasteiger partial charge in [-0.1, -0.05) is 62.3 Å². The first-order chi connectivity index (χ1) is 19.6. The van der Waals surface area contributed by atoms with Crippen LogP contribution in [0.1, 0.15) is 120 Å². The molecule has 0 fully saturated rings. The Morgan fingerprint density at radius 1 is 1.05 bits per heavy atom. The van der Waals surface area contributed by atoms with E-state index in [9.17, 15) is 39.6 Å². The zero-order valence-electron chi connectivity index (χ0n) is 27.1. The van der Waals surface area contributed by atoms with Crippen LogP contribution in [-0.2, 0) is 21.4 Å². The molecule has 234 valence electrons. The van der Waals surface area contributed by atoms with Gasteiger partial charge in [0.1, 0.15) is 22.8 Å². The van der Waals surface area contributed by atoms with Gasteiger partial charge in [0.25, 0.3) is 0 Å². The maximum Gasteiger partial charge on any atom is 0.209 e. The molecule has 0 amide bonds. The summed E-state index contributed by atoms with van der Waals surface area (Å²) in [6, 6.07) is 1.68. The van der Waals surface area contributed by atoms with Crippen LogP contribution in [0.25, 0.3) is 0 Å². The van der Waals surface area contributed by atoms with Crippen LogP contribution in [0.4, 0.5) is 0 Å². The van der Waals surface area contributed by atoms with Crippen LogP contribution in [0.5, 0.6) is 5.75 Å². The Morgan fingerprint density at radius 3 is 2.12 bits per heavy atom. The molecule has 0 saturated heterocycles. The Kier molecular flexibility index (Phi) is 7.70. The number of aliphatic hydroxyl groups excluding tert-OH is 2. The van der Waals surface area contributed by atoms with Gasteiger partial charge in [0.05, 0.1) is 5.56 Å². The Hall–Kier alpha value is -3.26. The minimum atomic E-state index is -2.68. The highest BCUT2D eigenvalue weighted by atomic mass is 16.3. The van der Waals surface area contributed by atoms with Gasteiger partial charge in [0, 0.05) is 39.9 Å². The van der Waals surface area contributed by atoms with Gasteiger partial charge in [-0.15, -0.1) is 0 Å². The molecule has 0 bridgehead atoms. The quantitative estimate of drug-likeness (QED) is 0.223. The van der Waals surface area contributed by atoms with Gasteiger partial charge >= 0.3 is 0 Å². The lowest BCUT2D eigenvalue weighted by atomic mass is 9.44. The fourth-order valence-electron chi connectivity index (χ4n) is 8.17. The molecule has 0 saturated carbocycles. The first kappa shape index (κ1) is 32.6. The Bertz CT molecular complexity index is 1520. The van der Waals surface area contributed by atoms with Crippen molar-refractivity contribution in [3.05, 3.63) is 51.0 Å². The molecule has 4 N–H and O–H groups in total. The average Bonchev–Trinajstić information content (AvgIpc) is 2.83. The fourth-order valence-corrected chi connectivity index (χ4v) is 8.17. The van der Waals surface area contributed by atoms with Crippen LogP contribution in [0.2, 0.25) is 0 Å². The van der Waals surface area contributed by atoms with Crippen LogP contribution < -0.4 is 0 Å². The molecule has 8 heteroatoms. The van der Waals surface area contributed by atoms with E-state index in [1.165, 1.54) is 0 Å². The highest BCUT2D eigenvalue weighted by molar-refractivity contribution is 6.25. The molecule has 0 radical (unpaired) electrons. The number of carbonyl (C=O) groups is 4. The summed E-state index contributed by atoms with van der Waals surface area (Å²) < 4.78 is 0. The summed E-state index contributed by atoms with van der Waals surface area (Å²) >= 11 is 0. The number of Topliss-reactive ketones (excluding diaryl/α,β-unsaturated/α-hetero) is 4. The van der Waals surface area contributed by atoms with Gasteiger partial charge in [-0.05, 0) is 55.1 Å². The molecule has 0 heterocycles. The average molecular weight is 595 g/mol. The zero-order valence-corrected chi connectivity index (χ0v) is 27.1. The summed E-state index contributed by atoms with van der Waals surface area (Å²) in [7, 11) is 0. The van der Waals surface area contributed by atoms with Crippen molar-refractivity contribution in [1.82, 2.24) is 0 Å². The summed E-state index contributed by atoms with van der Waals surface area (Å²) in [5.74, 6) is -5.42. The van der Waals surface area contributed by atoms with Gasteiger partial charge in [0.15, 0.2) is 23.0 Å². The number of phenolic OH excluding ortho intramolecular Hbond substituents is 1. The molecule has 4 atom stereocenters. The first-order valence-electron chi connectivity index (χ1n) is 15.2. The third kappa shape index (κ3) is 4.50. The van der Waals surface area contributed by atoms with E-state index in [4.69, 9.17) is 0 Å². The topological polar surface area (TPSA) is 149 Å². The third-order valence-electron chi connectivity index (χ3n) is 10.1. The van der Waals surface area contributed by atoms with Gasteiger partial charge in [0.2, 0.25) is 5.78 Å². The number of hydrogen-bond acceptors (Lipinski definition) is 8. The lowest BCUT2D eigenvalue weighted by Gasteiger charge is -2.59. The minimum absolute atomic E-state index is 0.0215. The number of carbonyl (C=O) groups excluding carboxylic acids is 4. The predicted octanol–water partition coefficient (Wildman–Crippen LogP) is 6.26. The molecule has 0 spiro atoms. The Balaban J connectivity index is 2.08. The number of fused-ring (bicyclic) bond motifs is 3. The van der Waals surface area contributed by atoms with Crippen LogP contribution in [-0.4, -0.2) is 49.2 Å². The van der Waals surface area contributed by atoms with Crippen LogP contribution >= 0.6 is 0 Å². The SMILES string of the molecule is CC(=O)C1=C(O)C(C(C)C)[C@@]2(C)C[C@@]3(C)Cc4c(C(=O)CCC(C)C)cc(C(C)(C)C)c(O)c4C(=O)C3=C(O)[C@@]2(O)C1=O. The molecule has 0 aliphatic heterocycles. The van der Waals surface area contributed by atoms with Crippen molar-refractivity contribution in [2.45, 2.75) is 106 Å². The van der Waals surface area contributed by atoms with Gasteiger partial charge in [-0.25, -0.2) is 0 Å². The van der Waals surface area contributed by atoms with Crippen LogP contribution in [0.15, 0.2) is 28.7 Å². The Morgan fingerprint density at radius 2 is 1.63 bits per heavy atom. The monoisotopic (exact) mass is 594 g/mol. The smallest absolute Gasteiger partial charge is 0.209 e. The summed E-state index contributed by atoms with van der Waals surface area (Å²) in [4.78, 5) is 54.7. The second kappa shape index (κ2) is 10.1. The number of allylic oxidation sites excluding steroid dienone is 2. The molecule has 1 unspecified atom stereocenters. The van der Waals surface area contributed by atoms with Crippen LogP contribution in [0, 0.1) is 28.6 Å². The molecule has 8 nitrogen and oxygen atoms in total. The van der Waals surface area contributed by atoms with Gasteiger partial charge < -0.3 is 20.4 Å². The zero-order chi connectivity index (χ0) is 32.8. The molecular weight excluding hydrogens is 548 g/mol. The van der Waals surface area contributed by atoms with Crippen molar-refractivity contribution >= 4 is 23.1 Å². The highest BCUT2D eigenvalue weighted by Gasteiger charge is 2.71. The van der Waals surface area contributed by atoms with E-state index in [0.717, 1.165) is 6.92 Å². The number of benzene rings is 1. The second-order valence-electron chi connectivity index (χ2n) is 15.2. The van der Waals surface area contributed by atoms with E-state index in [-0.39, 0.29) is 53.8 Å². The molecule has 43 heavy (non-hydrogen) atoms. The van der Waals surface area contributed by atoms with Crippen molar-refractivity contribution in [2.75, 3.05) is 0 Å². The lowest BCUT2D eigenvalue weighted by Crippen LogP contribution is -2.67. The number of phenols is 1. The number of hydrogen-bond donors (Lipinski definition) is 4. The minimum Gasteiger partial charge on any atom is -0.511 e. The number of aliphatic hydroxyl groups is 3. The summed E-state index contributed by atoms with van der Waals surface area (Å²) in [5, 5.41) is 47.0. The van der Waals surface area contributed by atoms with E-state index in [2.05, 4.69) is 0 Å². The van der Waals surface area contributed by atoms with Gasteiger partial charge in [-0.2, -0.15) is 0 Å². The standard InChI is InChI=1S/C35H46O8/c1-16(2)11-12-22(37)19-13-21(32(6,7)8)27(38)24-20(19)14-33(9)15-34(10)25(17(3)4)28(39)23(18(5)36)30(41)35(34,43)31(42)26(33)29(24)40/h13,16-17,25,38-39,42-43H,11-12,14-15H2,1-10H3/t25?,33-,34-,35+/m1/s1. The lowest BCUT2D eigenvalue weighted by molar-refractivity contribution is -0.171. The molecule has 0 aromatic heterocycles. The molecule has 1 aromatic carbocycles. The molecule has 1 aromatic rings. The van der Waals surface area contributed by atoms with Crippen LogP contribution in [0.3, 0.4) is 0 Å². The van der Waals surface area contributed by atoms with Crippen molar-refractivity contribution in [2.24, 2.45) is 28.6 Å². The maximum atomic E-state index is 14.5. The molecule has 3 aliphatic rings. The molecule has 4 rings (SSSR count). The first-order valence-corrected chi connectivity index (χ1v) is 15.2.